The zero-order chi connectivity index (χ0) is 24.6. The molecule has 0 radical (unpaired) electrons. The van der Waals surface area contributed by atoms with E-state index in [-0.39, 0.29) is 18.1 Å². The summed E-state index contributed by atoms with van der Waals surface area (Å²) in [6.45, 7) is 4.25. The van der Waals surface area contributed by atoms with Crippen LogP contribution in [0.1, 0.15) is 42.9 Å². The van der Waals surface area contributed by atoms with Crippen molar-refractivity contribution in [2.24, 2.45) is 5.92 Å². The molecule has 1 heterocycles. The fourth-order valence-electron chi connectivity index (χ4n) is 4.24. The molecule has 0 amide bonds. The van der Waals surface area contributed by atoms with Crippen LogP contribution in [0.2, 0.25) is 0 Å². The summed E-state index contributed by atoms with van der Waals surface area (Å²) in [5.74, 6) is -0.0148. The summed E-state index contributed by atoms with van der Waals surface area (Å²) >= 11 is 0. The number of halogens is 1. The normalized spacial score (nSPS) is 15.0. The van der Waals surface area contributed by atoms with Gasteiger partial charge in [-0.05, 0) is 67.0 Å². The molecule has 2 aromatic carbocycles. The van der Waals surface area contributed by atoms with Crippen LogP contribution in [0, 0.1) is 23.1 Å². The molecule has 34 heavy (non-hydrogen) atoms. The lowest BCUT2D eigenvalue weighted by molar-refractivity contribution is -0.133. The summed E-state index contributed by atoms with van der Waals surface area (Å²) in [4.78, 5) is 12.5. The van der Waals surface area contributed by atoms with Crippen LogP contribution in [0.25, 0.3) is 0 Å². The van der Waals surface area contributed by atoms with Crippen molar-refractivity contribution in [2.75, 3.05) is 29.9 Å². The number of carbonyl (C=O) groups excluding carboxylic acids is 1. The molecule has 1 aliphatic heterocycles. The number of nitriles is 1. The minimum absolute atomic E-state index is 0.0236. The molecule has 0 atom stereocenters. The van der Waals surface area contributed by atoms with Gasteiger partial charge in [-0.3, -0.25) is 14.0 Å². The van der Waals surface area contributed by atoms with E-state index in [1.807, 2.05) is 6.07 Å². The number of piperidine rings is 1. The van der Waals surface area contributed by atoms with Crippen LogP contribution in [0.4, 0.5) is 10.1 Å². The van der Waals surface area contributed by atoms with Crippen molar-refractivity contribution in [2.45, 2.75) is 39.2 Å². The van der Waals surface area contributed by atoms with Gasteiger partial charge in [-0.2, -0.15) is 5.26 Å². The van der Waals surface area contributed by atoms with E-state index in [0.29, 0.717) is 42.4 Å². The summed E-state index contributed by atoms with van der Waals surface area (Å²) in [6, 6.07) is 13.2. The summed E-state index contributed by atoms with van der Waals surface area (Å²) < 4.78 is 45.5. The molecule has 0 spiro atoms. The Morgan fingerprint density at radius 2 is 1.91 bits per heavy atom. The SMILES string of the molecule is CCCS(=O)(=O)N(Cc1ccc(F)cc1)c1ccc(CC2CCN(COC=O)CC2)c(C#N)c1. The molecule has 0 bridgehead atoms. The van der Waals surface area contributed by atoms with Crippen molar-refractivity contribution >= 4 is 22.2 Å². The molecule has 1 aliphatic rings. The van der Waals surface area contributed by atoms with Crippen LogP contribution >= 0.6 is 0 Å². The van der Waals surface area contributed by atoms with Gasteiger partial charge in [0.25, 0.3) is 6.47 Å². The maximum Gasteiger partial charge on any atom is 0.294 e. The lowest BCUT2D eigenvalue weighted by atomic mass is 9.88. The highest BCUT2D eigenvalue weighted by Crippen LogP contribution is 2.28. The zero-order valence-corrected chi connectivity index (χ0v) is 20.1. The summed E-state index contributed by atoms with van der Waals surface area (Å²) in [5.41, 5.74) is 2.44. The van der Waals surface area contributed by atoms with Crippen molar-refractivity contribution < 1.29 is 22.3 Å². The summed E-state index contributed by atoms with van der Waals surface area (Å²) in [5, 5.41) is 9.80. The predicted molar refractivity (Wildman–Crippen MR) is 128 cm³/mol. The smallest absolute Gasteiger partial charge is 0.294 e. The number of sulfonamides is 1. The van der Waals surface area contributed by atoms with E-state index < -0.39 is 10.0 Å². The van der Waals surface area contributed by atoms with Gasteiger partial charge in [-0.25, -0.2) is 12.8 Å². The fourth-order valence-corrected chi connectivity index (χ4v) is 5.76. The molecule has 0 saturated carbocycles. The van der Waals surface area contributed by atoms with Crippen molar-refractivity contribution in [1.29, 1.82) is 5.26 Å². The highest BCUT2D eigenvalue weighted by atomic mass is 32.2. The van der Waals surface area contributed by atoms with Crippen molar-refractivity contribution in [3.05, 3.63) is 65.0 Å². The number of likely N-dealkylation sites (tertiary alicyclic amines) is 1. The van der Waals surface area contributed by atoms with E-state index in [9.17, 15) is 22.9 Å². The zero-order valence-electron chi connectivity index (χ0n) is 19.3. The quantitative estimate of drug-likeness (QED) is 0.448. The third kappa shape index (κ3) is 6.78. The van der Waals surface area contributed by atoms with Crippen molar-refractivity contribution in [3.8, 4) is 6.07 Å². The Kier molecular flexibility index (Phi) is 9.02. The Morgan fingerprint density at radius 3 is 2.53 bits per heavy atom. The van der Waals surface area contributed by atoms with Gasteiger partial charge < -0.3 is 4.74 Å². The average Bonchev–Trinajstić information content (AvgIpc) is 2.83. The molecule has 182 valence electrons. The highest BCUT2D eigenvalue weighted by molar-refractivity contribution is 7.92. The minimum Gasteiger partial charge on any atom is -0.452 e. The monoisotopic (exact) mass is 487 g/mol. The third-order valence-corrected chi connectivity index (χ3v) is 8.02. The summed E-state index contributed by atoms with van der Waals surface area (Å²) in [6.07, 6.45) is 3.04. The van der Waals surface area contributed by atoms with Crippen LogP contribution in [0.3, 0.4) is 0 Å². The number of anilines is 1. The first-order valence-corrected chi connectivity index (χ1v) is 13.0. The highest BCUT2D eigenvalue weighted by Gasteiger charge is 2.24. The number of rotatable bonds is 11. The van der Waals surface area contributed by atoms with E-state index in [0.717, 1.165) is 37.9 Å². The van der Waals surface area contributed by atoms with E-state index in [2.05, 4.69) is 11.0 Å². The van der Waals surface area contributed by atoms with Gasteiger partial charge in [-0.1, -0.05) is 25.1 Å². The van der Waals surface area contributed by atoms with E-state index >= 15 is 0 Å². The molecule has 1 saturated heterocycles. The molecule has 0 aromatic heterocycles. The molecule has 0 aliphatic carbocycles. The Balaban J connectivity index is 1.79. The molecular weight excluding hydrogens is 457 g/mol. The van der Waals surface area contributed by atoms with Crippen LogP contribution < -0.4 is 4.31 Å². The Bertz CT molecular complexity index is 1110. The second-order valence-electron chi connectivity index (χ2n) is 8.56. The van der Waals surface area contributed by atoms with E-state index in [4.69, 9.17) is 4.74 Å². The van der Waals surface area contributed by atoms with Gasteiger partial charge in [0.15, 0.2) is 0 Å². The van der Waals surface area contributed by atoms with Gasteiger partial charge in [0.2, 0.25) is 10.0 Å². The lowest BCUT2D eigenvalue weighted by Crippen LogP contribution is -2.35. The topological polar surface area (TPSA) is 90.7 Å². The maximum atomic E-state index is 13.3. The second kappa shape index (κ2) is 12.0. The molecule has 0 unspecified atom stereocenters. The Morgan fingerprint density at radius 1 is 1.21 bits per heavy atom. The van der Waals surface area contributed by atoms with Crippen LogP contribution in [0.15, 0.2) is 42.5 Å². The first kappa shape index (κ1) is 25.7. The number of nitrogens with zero attached hydrogens (tertiary/aromatic N) is 3. The molecule has 3 rings (SSSR count). The first-order valence-electron chi connectivity index (χ1n) is 11.4. The van der Waals surface area contributed by atoms with Crippen molar-refractivity contribution in [1.82, 2.24) is 4.90 Å². The molecule has 1 fully saturated rings. The second-order valence-corrected chi connectivity index (χ2v) is 10.6. The van der Waals surface area contributed by atoms with Gasteiger partial charge in [0.05, 0.1) is 29.6 Å². The standard InChI is InChI=1S/C25H30FN3O4S/c1-2-13-34(31,32)29(17-21-3-6-24(26)7-4-21)25-8-5-22(23(15-25)16-27)14-20-9-11-28(12-10-20)18-33-19-30/h3-8,15,19-20H,2,9-14,17-18H2,1H3. The number of hydrogen-bond acceptors (Lipinski definition) is 6. The number of hydrogen-bond donors (Lipinski definition) is 0. The number of benzene rings is 2. The minimum atomic E-state index is -3.62. The third-order valence-electron chi connectivity index (χ3n) is 6.08. The van der Waals surface area contributed by atoms with Crippen molar-refractivity contribution in [3.63, 3.8) is 0 Å². The fraction of sp³-hybridized carbons (Fsp3) is 0.440. The molecule has 0 N–H and O–H groups in total. The Labute approximate surface area is 200 Å². The van der Waals surface area contributed by atoms with Crippen LogP contribution in [0.5, 0.6) is 0 Å². The molecule has 7 nitrogen and oxygen atoms in total. The number of ether oxygens (including phenoxy) is 1. The van der Waals surface area contributed by atoms with Gasteiger partial charge in [-0.15, -0.1) is 0 Å². The predicted octanol–water partition coefficient (Wildman–Crippen LogP) is 3.83. The van der Waals surface area contributed by atoms with E-state index in [1.54, 1.807) is 31.2 Å². The van der Waals surface area contributed by atoms with E-state index in [1.165, 1.54) is 16.4 Å². The molecular formula is C25H30FN3O4S. The number of carbonyl (C=O) groups is 1. The van der Waals surface area contributed by atoms with Crippen LogP contribution in [-0.2, 0) is 32.5 Å². The Hall–Kier alpha value is -2.96. The summed E-state index contributed by atoms with van der Waals surface area (Å²) in [7, 11) is -3.62. The average molecular weight is 488 g/mol. The molecule has 9 heteroatoms. The lowest BCUT2D eigenvalue weighted by Gasteiger charge is -2.31. The molecule has 2 aromatic rings. The first-order chi connectivity index (χ1) is 16.4. The van der Waals surface area contributed by atoms with Crippen LogP contribution in [-0.4, -0.2) is 45.4 Å². The maximum absolute atomic E-state index is 13.3. The van der Waals surface area contributed by atoms with Gasteiger partial charge in [0.1, 0.15) is 12.5 Å². The van der Waals surface area contributed by atoms with Gasteiger partial charge >= 0.3 is 0 Å². The van der Waals surface area contributed by atoms with Gasteiger partial charge in [0, 0.05) is 13.1 Å². The largest absolute Gasteiger partial charge is 0.452 e.